The molecule has 1 N–H and O–H groups in total. The van der Waals surface area contributed by atoms with Crippen LogP contribution in [0.1, 0.15) is 44.6 Å². The Bertz CT molecular complexity index is 444. The van der Waals surface area contributed by atoms with Crippen molar-refractivity contribution in [3.63, 3.8) is 0 Å². The molecule has 0 amide bonds. The fourth-order valence-corrected chi connectivity index (χ4v) is 3.56. The van der Waals surface area contributed by atoms with E-state index in [2.05, 4.69) is 0 Å². The third kappa shape index (κ3) is 4.85. The van der Waals surface area contributed by atoms with Crippen LogP contribution in [0, 0.1) is 5.92 Å². The second kappa shape index (κ2) is 8.38. The molecular formula is C17H24Cl2O2. The van der Waals surface area contributed by atoms with Gasteiger partial charge in [-0.25, -0.2) is 0 Å². The Morgan fingerprint density at radius 2 is 1.90 bits per heavy atom. The van der Waals surface area contributed by atoms with Crippen LogP contribution in [0.4, 0.5) is 0 Å². The van der Waals surface area contributed by atoms with Gasteiger partial charge in [0.25, 0.3) is 0 Å². The van der Waals surface area contributed by atoms with E-state index in [1.807, 2.05) is 19.1 Å². The monoisotopic (exact) mass is 330 g/mol. The number of hydrogen-bond donors (Lipinski definition) is 1. The van der Waals surface area contributed by atoms with E-state index in [0.29, 0.717) is 29.0 Å². The third-order valence-electron chi connectivity index (χ3n) is 4.28. The second-order valence-corrected chi connectivity index (χ2v) is 6.65. The van der Waals surface area contributed by atoms with E-state index in [4.69, 9.17) is 27.9 Å². The molecule has 2 atom stereocenters. The van der Waals surface area contributed by atoms with E-state index in [-0.39, 0.29) is 6.10 Å². The summed E-state index contributed by atoms with van der Waals surface area (Å²) in [7, 11) is 0. The highest BCUT2D eigenvalue weighted by Gasteiger charge is 2.30. The Labute approximate surface area is 137 Å². The molecule has 1 aromatic rings. The lowest BCUT2D eigenvalue weighted by atomic mass is 9.82. The molecule has 1 fully saturated rings. The lowest BCUT2D eigenvalue weighted by Crippen LogP contribution is -2.38. The SMILES string of the molecule is CCOC(C(O)Cc1ccc(Cl)c(Cl)c1)C1CCCCC1. The summed E-state index contributed by atoms with van der Waals surface area (Å²) in [6.07, 6.45) is 6.08. The molecule has 0 aromatic heterocycles. The quantitative estimate of drug-likeness (QED) is 0.805. The maximum Gasteiger partial charge on any atom is 0.0865 e. The van der Waals surface area contributed by atoms with E-state index in [1.54, 1.807) is 6.07 Å². The first-order chi connectivity index (χ1) is 10.1. The molecular weight excluding hydrogens is 307 g/mol. The highest BCUT2D eigenvalue weighted by atomic mass is 35.5. The molecule has 0 heterocycles. The average Bonchev–Trinajstić information content (AvgIpc) is 2.49. The van der Waals surface area contributed by atoms with Gasteiger partial charge in [0.1, 0.15) is 0 Å². The zero-order chi connectivity index (χ0) is 15.2. The van der Waals surface area contributed by atoms with Crippen molar-refractivity contribution < 1.29 is 9.84 Å². The molecule has 0 radical (unpaired) electrons. The first-order valence-electron chi connectivity index (χ1n) is 7.85. The topological polar surface area (TPSA) is 29.5 Å². The largest absolute Gasteiger partial charge is 0.390 e. The van der Waals surface area contributed by atoms with Crippen molar-refractivity contribution in [3.8, 4) is 0 Å². The summed E-state index contributed by atoms with van der Waals surface area (Å²) in [5.41, 5.74) is 0.998. The van der Waals surface area contributed by atoms with Crippen LogP contribution in [0.3, 0.4) is 0 Å². The van der Waals surface area contributed by atoms with Gasteiger partial charge >= 0.3 is 0 Å². The van der Waals surface area contributed by atoms with Crippen LogP contribution >= 0.6 is 23.2 Å². The van der Waals surface area contributed by atoms with Crippen LogP contribution in [0.5, 0.6) is 0 Å². The summed E-state index contributed by atoms with van der Waals surface area (Å²) in [6.45, 7) is 2.63. The van der Waals surface area contributed by atoms with Crippen molar-refractivity contribution in [1.82, 2.24) is 0 Å². The van der Waals surface area contributed by atoms with Gasteiger partial charge in [0.15, 0.2) is 0 Å². The van der Waals surface area contributed by atoms with Gasteiger partial charge in [0, 0.05) is 13.0 Å². The maximum absolute atomic E-state index is 10.6. The summed E-state index contributed by atoms with van der Waals surface area (Å²) in [5, 5.41) is 11.7. The van der Waals surface area contributed by atoms with Gasteiger partial charge < -0.3 is 9.84 Å². The molecule has 1 aliphatic rings. The van der Waals surface area contributed by atoms with E-state index < -0.39 is 6.10 Å². The fourth-order valence-electron chi connectivity index (χ4n) is 3.24. The Morgan fingerprint density at radius 3 is 2.52 bits per heavy atom. The molecule has 1 aromatic carbocycles. The van der Waals surface area contributed by atoms with Gasteiger partial charge in [0.2, 0.25) is 0 Å². The van der Waals surface area contributed by atoms with Crippen molar-refractivity contribution in [2.24, 2.45) is 5.92 Å². The van der Waals surface area contributed by atoms with Crippen molar-refractivity contribution in [2.75, 3.05) is 6.61 Å². The lowest BCUT2D eigenvalue weighted by Gasteiger charge is -2.33. The normalized spacial score (nSPS) is 19.4. The fraction of sp³-hybridized carbons (Fsp3) is 0.647. The minimum atomic E-state index is -0.495. The van der Waals surface area contributed by atoms with Gasteiger partial charge in [-0.3, -0.25) is 0 Å². The summed E-state index contributed by atoms with van der Waals surface area (Å²) < 4.78 is 5.86. The van der Waals surface area contributed by atoms with Gasteiger partial charge in [-0.1, -0.05) is 48.5 Å². The number of hydrogen-bond acceptors (Lipinski definition) is 2. The second-order valence-electron chi connectivity index (χ2n) is 5.84. The molecule has 1 aliphatic carbocycles. The molecule has 0 bridgehead atoms. The summed E-state index contributed by atoms with van der Waals surface area (Å²) in [6, 6.07) is 5.53. The van der Waals surface area contributed by atoms with Crippen molar-refractivity contribution in [1.29, 1.82) is 0 Å². The van der Waals surface area contributed by atoms with Crippen LogP contribution in [-0.4, -0.2) is 23.9 Å². The zero-order valence-corrected chi connectivity index (χ0v) is 14.0. The summed E-state index contributed by atoms with van der Waals surface area (Å²) in [4.78, 5) is 0. The molecule has 4 heteroatoms. The minimum Gasteiger partial charge on any atom is -0.390 e. The van der Waals surface area contributed by atoms with Crippen LogP contribution in [0.15, 0.2) is 18.2 Å². The van der Waals surface area contributed by atoms with E-state index in [1.165, 1.54) is 19.3 Å². The molecule has 0 aliphatic heterocycles. The highest BCUT2D eigenvalue weighted by molar-refractivity contribution is 6.42. The molecule has 2 unspecified atom stereocenters. The number of aliphatic hydroxyl groups excluding tert-OH is 1. The van der Waals surface area contributed by atoms with Crippen molar-refractivity contribution in [2.45, 2.75) is 57.7 Å². The Kier molecular flexibility index (Phi) is 6.81. The Morgan fingerprint density at radius 1 is 1.19 bits per heavy atom. The molecule has 0 saturated heterocycles. The molecule has 118 valence electrons. The Balaban J connectivity index is 2.02. The average molecular weight is 331 g/mol. The maximum atomic E-state index is 10.6. The first-order valence-corrected chi connectivity index (χ1v) is 8.61. The summed E-state index contributed by atoms with van der Waals surface area (Å²) in [5.74, 6) is 0.469. The van der Waals surface area contributed by atoms with Crippen molar-refractivity contribution in [3.05, 3.63) is 33.8 Å². The number of benzene rings is 1. The predicted octanol–water partition coefficient (Wildman–Crippen LogP) is 4.88. The predicted molar refractivity (Wildman–Crippen MR) is 88.2 cm³/mol. The van der Waals surface area contributed by atoms with Crippen LogP contribution in [0.2, 0.25) is 10.0 Å². The molecule has 21 heavy (non-hydrogen) atoms. The van der Waals surface area contributed by atoms with Crippen LogP contribution in [0.25, 0.3) is 0 Å². The third-order valence-corrected chi connectivity index (χ3v) is 5.02. The molecule has 2 nitrogen and oxygen atoms in total. The first kappa shape index (κ1) is 17.1. The number of ether oxygens (including phenoxy) is 1. The van der Waals surface area contributed by atoms with E-state index in [0.717, 1.165) is 18.4 Å². The lowest BCUT2D eigenvalue weighted by molar-refractivity contribution is -0.0715. The summed E-state index contributed by atoms with van der Waals surface area (Å²) >= 11 is 12.0. The molecule has 0 spiro atoms. The van der Waals surface area contributed by atoms with Gasteiger partial charge in [-0.15, -0.1) is 0 Å². The van der Waals surface area contributed by atoms with Crippen LogP contribution < -0.4 is 0 Å². The van der Waals surface area contributed by atoms with Gasteiger partial charge in [0.05, 0.1) is 22.3 Å². The van der Waals surface area contributed by atoms with Gasteiger partial charge in [-0.05, 0) is 43.4 Å². The molecule has 2 rings (SSSR count). The minimum absolute atomic E-state index is 0.0789. The zero-order valence-electron chi connectivity index (χ0n) is 12.5. The van der Waals surface area contributed by atoms with E-state index in [9.17, 15) is 5.11 Å². The standard InChI is InChI=1S/C17H24Cl2O2/c1-2-21-17(13-6-4-3-5-7-13)16(20)11-12-8-9-14(18)15(19)10-12/h8-10,13,16-17,20H,2-7,11H2,1H3. The van der Waals surface area contributed by atoms with E-state index >= 15 is 0 Å². The number of aliphatic hydroxyl groups is 1. The number of rotatable bonds is 6. The number of halogens is 2. The highest BCUT2D eigenvalue weighted by Crippen LogP contribution is 2.31. The van der Waals surface area contributed by atoms with Crippen molar-refractivity contribution >= 4 is 23.2 Å². The van der Waals surface area contributed by atoms with Gasteiger partial charge in [-0.2, -0.15) is 0 Å². The Hall–Kier alpha value is -0.280. The molecule has 1 saturated carbocycles. The smallest absolute Gasteiger partial charge is 0.0865 e. The van der Waals surface area contributed by atoms with Crippen LogP contribution in [-0.2, 0) is 11.2 Å².